The molecule has 1 atom stereocenters. The van der Waals surface area contributed by atoms with Gasteiger partial charge in [-0.3, -0.25) is 4.79 Å². The fourth-order valence-electron chi connectivity index (χ4n) is 2.95. The van der Waals surface area contributed by atoms with Crippen molar-refractivity contribution >= 4 is 15.6 Å². The van der Waals surface area contributed by atoms with E-state index in [2.05, 4.69) is 0 Å². The van der Waals surface area contributed by atoms with Crippen molar-refractivity contribution < 1.29 is 18.3 Å². The number of ketones is 1. The number of aliphatic hydroxyl groups excluding tert-OH is 1. The molecular weight excluding hydrogens is 288 g/mol. The summed E-state index contributed by atoms with van der Waals surface area (Å²) in [6.07, 6.45) is 2.18. The molecule has 1 N–H and O–H groups in total. The molecule has 0 heterocycles. The zero-order valence-electron chi connectivity index (χ0n) is 11.5. The monoisotopic (exact) mass is 304 g/mol. The van der Waals surface area contributed by atoms with Gasteiger partial charge in [-0.2, -0.15) is 0 Å². The van der Waals surface area contributed by atoms with E-state index in [0.29, 0.717) is 35.3 Å². The number of carbonyl (C=O) groups excluding carboxylic acids is 1. The highest BCUT2D eigenvalue weighted by atomic mass is 32.2. The van der Waals surface area contributed by atoms with Crippen LogP contribution in [0.3, 0.4) is 0 Å². The zero-order chi connectivity index (χ0) is 15.0. The first-order chi connectivity index (χ1) is 10.00. The van der Waals surface area contributed by atoms with Crippen LogP contribution in [0.2, 0.25) is 0 Å². The summed E-state index contributed by atoms with van der Waals surface area (Å²) in [4.78, 5) is 12.2. The van der Waals surface area contributed by atoms with Crippen molar-refractivity contribution in [2.24, 2.45) is 0 Å². The van der Waals surface area contributed by atoms with Crippen molar-refractivity contribution in [2.75, 3.05) is 0 Å². The summed E-state index contributed by atoms with van der Waals surface area (Å²) in [5.74, 6) is -0.137. The van der Waals surface area contributed by atoms with Crippen LogP contribution in [0.4, 0.5) is 0 Å². The predicted octanol–water partition coefficient (Wildman–Crippen LogP) is 2.16. The van der Waals surface area contributed by atoms with Crippen LogP contribution in [-0.4, -0.2) is 25.4 Å². The Labute approximate surface area is 123 Å². The molecule has 3 rings (SSSR count). The Bertz CT molecular complexity index is 742. The van der Waals surface area contributed by atoms with E-state index in [9.17, 15) is 18.3 Å². The highest BCUT2D eigenvalue weighted by molar-refractivity contribution is 7.95. The van der Waals surface area contributed by atoms with Crippen molar-refractivity contribution in [3.63, 3.8) is 0 Å². The quantitative estimate of drug-likeness (QED) is 0.909. The molecule has 110 valence electrons. The smallest absolute Gasteiger partial charge is 0.203 e. The molecule has 0 saturated carbocycles. The maximum atomic E-state index is 12.8. The molecule has 2 aliphatic carbocycles. The van der Waals surface area contributed by atoms with Crippen molar-refractivity contribution in [3.8, 4) is 0 Å². The Balaban J connectivity index is 2.16. The Hall–Kier alpha value is -1.72. The minimum absolute atomic E-state index is 0.0772. The average molecular weight is 304 g/mol. The summed E-state index contributed by atoms with van der Waals surface area (Å²) >= 11 is 0. The van der Waals surface area contributed by atoms with E-state index < -0.39 is 15.9 Å². The maximum absolute atomic E-state index is 12.8. The van der Waals surface area contributed by atoms with E-state index in [0.717, 1.165) is 0 Å². The fraction of sp³-hybridized carbons (Fsp3) is 0.312. The van der Waals surface area contributed by atoms with Crippen LogP contribution in [0.15, 0.2) is 57.4 Å². The molecule has 0 spiro atoms. The summed E-state index contributed by atoms with van der Waals surface area (Å²) in [6.45, 7) is 0. The first kappa shape index (κ1) is 14.2. The van der Waals surface area contributed by atoms with Gasteiger partial charge >= 0.3 is 0 Å². The van der Waals surface area contributed by atoms with Crippen molar-refractivity contribution in [3.05, 3.63) is 52.5 Å². The van der Waals surface area contributed by atoms with E-state index in [1.165, 1.54) is 6.08 Å². The third-order valence-corrected chi connectivity index (χ3v) is 5.96. The summed E-state index contributed by atoms with van der Waals surface area (Å²) < 4.78 is 25.6. The lowest BCUT2D eigenvalue weighted by Gasteiger charge is -2.13. The second-order valence-corrected chi connectivity index (χ2v) is 7.34. The zero-order valence-corrected chi connectivity index (χ0v) is 12.3. The Morgan fingerprint density at radius 2 is 1.86 bits per heavy atom. The SMILES string of the molecule is O=C1C=C2C(=C(S(=O)(=O)c3ccccc3)CCCC2O)C1. The topological polar surface area (TPSA) is 71.4 Å². The number of allylic oxidation sites excluding steroid dienone is 2. The van der Waals surface area contributed by atoms with Gasteiger partial charge in [0.15, 0.2) is 5.78 Å². The lowest BCUT2D eigenvalue weighted by Crippen LogP contribution is -2.10. The number of rotatable bonds is 2. The molecule has 0 amide bonds. The summed E-state index contributed by atoms with van der Waals surface area (Å²) in [5, 5.41) is 10.1. The first-order valence-electron chi connectivity index (χ1n) is 6.95. The molecule has 1 aromatic carbocycles. The van der Waals surface area contributed by atoms with Crippen LogP contribution in [0.25, 0.3) is 0 Å². The Kier molecular flexibility index (Phi) is 3.55. The van der Waals surface area contributed by atoms with Gasteiger partial charge in [-0.1, -0.05) is 18.2 Å². The van der Waals surface area contributed by atoms with Gasteiger partial charge in [0, 0.05) is 6.42 Å². The standard InChI is InChI=1S/C16H16O4S/c17-11-9-13-14(10-11)16(8-4-7-15(13)18)21(19,20)12-5-2-1-3-6-12/h1-3,5-6,9,15,18H,4,7-8,10H2. The van der Waals surface area contributed by atoms with Crippen LogP contribution >= 0.6 is 0 Å². The molecule has 5 heteroatoms. The Morgan fingerprint density at radius 1 is 1.14 bits per heavy atom. The van der Waals surface area contributed by atoms with Crippen molar-refractivity contribution in [1.82, 2.24) is 0 Å². The third-order valence-electron chi connectivity index (χ3n) is 3.97. The molecule has 0 aromatic heterocycles. The number of carbonyl (C=O) groups is 1. The Morgan fingerprint density at radius 3 is 2.57 bits per heavy atom. The van der Waals surface area contributed by atoms with Gasteiger partial charge in [0.1, 0.15) is 0 Å². The molecule has 0 radical (unpaired) electrons. The van der Waals surface area contributed by atoms with E-state index >= 15 is 0 Å². The normalized spacial score (nSPS) is 22.8. The van der Waals surface area contributed by atoms with E-state index in [1.807, 2.05) is 0 Å². The van der Waals surface area contributed by atoms with Crippen LogP contribution < -0.4 is 0 Å². The largest absolute Gasteiger partial charge is 0.388 e. The first-order valence-corrected chi connectivity index (χ1v) is 8.43. The van der Waals surface area contributed by atoms with Gasteiger partial charge in [-0.25, -0.2) is 8.42 Å². The van der Waals surface area contributed by atoms with Crippen LogP contribution in [0.1, 0.15) is 25.7 Å². The van der Waals surface area contributed by atoms with Crippen LogP contribution in [0.5, 0.6) is 0 Å². The molecule has 0 fully saturated rings. The minimum Gasteiger partial charge on any atom is -0.388 e. The summed E-state index contributed by atoms with van der Waals surface area (Å²) in [6, 6.07) is 8.24. The molecular formula is C16H16O4S. The minimum atomic E-state index is -3.61. The van der Waals surface area contributed by atoms with Gasteiger partial charge in [0.25, 0.3) is 0 Å². The van der Waals surface area contributed by atoms with Gasteiger partial charge in [-0.15, -0.1) is 0 Å². The third kappa shape index (κ3) is 2.47. The molecule has 0 saturated heterocycles. The summed E-state index contributed by atoms with van der Waals surface area (Å²) in [5.41, 5.74) is 1.00. The van der Waals surface area contributed by atoms with Gasteiger partial charge in [0.2, 0.25) is 9.84 Å². The number of fused-ring (bicyclic) bond motifs is 1. The van der Waals surface area contributed by atoms with Crippen LogP contribution in [0, 0.1) is 0 Å². The molecule has 21 heavy (non-hydrogen) atoms. The fourth-order valence-corrected chi connectivity index (χ4v) is 4.67. The second-order valence-electron chi connectivity index (χ2n) is 5.37. The lowest BCUT2D eigenvalue weighted by atomic mass is 10.0. The molecule has 1 unspecified atom stereocenters. The second kappa shape index (κ2) is 5.24. The van der Waals surface area contributed by atoms with Gasteiger partial charge in [0.05, 0.1) is 15.9 Å². The maximum Gasteiger partial charge on any atom is 0.203 e. The van der Waals surface area contributed by atoms with Gasteiger partial charge < -0.3 is 5.11 Å². The summed E-state index contributed by atoms with van der Waals surface area (Å²) in [7, 11) is -3.61. The number of benzene rings is 1. The highest BCUT2D eigenvalue weighted by Gasteiger charge is 2.34. The molecule has 0 aliphatic heterocycles. The van der Waals surface area contributed by atoms with Crippen molar-refractivity contribution in [2.45, 2.75) is 36.7 Å². The molecule has 0 bridgehead atoms. The highest BCUT2D eigenvalue weighted by Crippen LogP contribution is 2.39. The predicted molar refractivity (Wildman–Crippen MR) is 78.2 cm³/mol. The molecule has 4 nitrogen and oxygen atoms in total. The van der Waals surface area contributed by atoms with E-state index in [4.69, 9.17) is 0 Å². The number of sulfone groups is 1. The van der Waals surface area contributed by atoms with Crippen LogP contribution in [-0.2, 0) is 14.6 Å². The van der Waals surface area contributed by atoms with E-state index in [-0.39, 0.29) is 17.1 Å². The number of aliphatic hydroxyl groups is 1. The average Bonchev–Trinajstić information content (AvgIpc) is 2.78. The number of hydrogen-bond donors (Lipinski definition) is 1. The molecule has 1 aromatic rings. The van der Waals surface area contributed by atoms with Crippen molar-refractivity contribution in [1.29, 1.82) is 0 Å². The molecule has 2 aliphatic rings. The lowest BCUT2D eigenvalue weighted by molar-refractivity contribution is -0.113. The number of hydrogen-bond acceptors (Lipinski definition) is 4. The van der Waals surface area contributed by atoms with Gasteiger partial charge in [-0.05, 0) is 48.6 Å². The van der Waals surface area contributed by atoms with E-state index in [1.54, 1.807) is 30.3 Å².